The Bertz CT molecular complexity index is 134. The van der Waals surface area contributed by atoms with Crippen molar-refractivity contribution in [2.45, 2.75) is 39.2 Å². The third-order valence-electron chi connectivity index (χ3n) is 1.59. The Morgan fingerprint density at radius 3 is 2.73 bits per heavy atom. The maximum absolute atomic E-state index is 9.03. The van der Waals surface area contributed by atoms with Gasteiger partial charge in [-0.2, -0.15) is 0 Å². The maximum Gasteiger partial charge on any atom is 0.0756 e. The van der Waals surface area contributed by atoms with E-state index >= 15 is 0 Å². The van der Waals surface area contributed by atoms with Crippen LogP contribution < -0.4 is 0 Å². The Morgan fingerprint density at radius 2 is 2.27 bits per heavy atom. The second-order valence-electron chi connectivity index (χ2n) is 2.80. The van der Waals surface area contributed by atoms with Crippen LogP contribution in [0.25, 0.3) is 0 Å². The van der Waals surface area contributed by atoms with E-state index in [9.17, 15) is 0 Å². The molecule has 1 unspecified atom stereocenters. The van der Waals surface area contributed by atoms with E-state index in [2.05, 4.69) is 19.6 Å². The lowest BCUT2D eigenvalue weighted by Crippen LogP contribution is -1.99. The van der Waals surface area contributed by atoms with Crippen LogP contribution >= 0.6 is 0 Å². The molecule has 0 rings (SSSR count). The van der Waals surface area contributed by atoms with Gasteiger partial charge in [-0.15, -0.1) is 0 Å². The minimum absolute atomic E-state index is 0.409. The Balaban J connectivity index is 3.49. The van der Waals surface area contributed by atoms with Gasteiger partial charge in [0.05, 0.1) is 6.10 Å². The summed E-state index contributed by atoms with van der Waals surface area (Å²) in [5, 5.41) is 9.03. The minimum Gasteiger partial charge on any atom is -0.389 e. The number of unbranched alkanes of at least 4 members (excludes halogenated alkanes) is 2. The lowest BCUT2D eigenvalue weighted by atomic mass is 10.1. The number of aliphatic hydroxyl groups excluding tert-OH is 1. The van der Waals surface area contributed by atoms with E-state index in [0.29, 0.717) is 0 Å². The van der Waals surface area contributed by atoms with Crippen molar-refractivity contribution in [2.24, 2.45) is 0 Å². The van der Waals surface area contributed by atoms with Crippen molar-refractivity contribution in [3.05, 3.63) is 24.3 Å². The van der Waals surface area contributed by atoms with Crippen molar-refractivity contribution in [1.82, 2.24) is 0 Å². The van der Waals surface area contributed by atoms with Crippen molar-refractivity contribution in [3.63, 3.8) is 0 Å². The van der Waals surface area contributed by atoms with Crippen molar-refractivity contribution in [1.29, 1.82) is 0 Å². The number of aliphatic hydroxyl groups is 1. The average Bonchev–Trinajstić information content (AvgIpc) is 1.97. The molecule has 0 spiro atoms. The fourth-order valence-corrected chi connectivity index (χ4v) is 0.696. The van der Waals surface area contributed by atoms with Gasteiger partial charge in [-0.25, -0.2) is 0 Å². The highest BCUT2D eigenvalue weighted by molar-refractivity contribution is 5.17. The molecule has 0 fully saturated rings. The Hall–Kier alpha value is -0.560. The van der Waals surface area contributed by atoms with Gasteiger partial charge in [-0.05, 0) is 18.9 Å². The molecule has 0 aromatic rings. The largest absolute Gasteiger partial charge is 0.389 e. The smallest absolute Gasteiger partial charge is 0.0756 e. The van der Waals surface area contributed by atoms with Gasteiger partial charge in [-0.1, -0.05) is 38.5 Å². The fourth-order valence-electron chi connectivity index (χ4n) is 0.696. The van der Waals surface area contributed by atoms with Crippen molar-refractivity contribution in [3.8, 4) is 0 Å². The van der Waals surface area contributed by atoms with E-state index in [1.807, 2.05) is 6.08 Å². The molecule has 0 amide bonds. The van der Waals surface area contributed by atoms with Crippen LogP contribution in [0.2, 0.25) is 0 Å². The topological polar surface area (TPSA) is 20.2 Å². The van der Waals surface area contributed by atoms with Crippen LogP contribution in [0.3, 0.4) is 0 Å². The molecule has 0 aliphatic rings. The van der Waals surface area contributed by atoms with Gasteiger partial charge in [0.15, 0.2) is 0 Å². The molecular formula is C10H18O. The zero-order chi connectivity index (χ0) is 8.69. The molecule has 0 heterocycles. The third-order valence-corrected chi connectivity index (χ3v) is 1.59. The highest BCUT2D eigenvalue weighted by Crippen LogP contribution is 2.02. The summed E-state index contributed by atoms with van der Waals surface area (Å²) in [6, 6.07) is 0. The van der Waals surface area contributed by atoms with E-state index in [1.165, 1.54) is 12.8 Å². The predicted octanol–water partition coefficient (Wildman–Crippen LogP) is 2.67. The molecule has 0 saturated heterocycles. The van der Waals surface area contributed by atoms with Crippen LogP contribution in [-0.2, 0) is 0 Å². The minimum atomic E-state index is -0.409. The quantitative estimate of drug-likeness (QED) is 0.477. The van der Waals surface area contributed by atoms with E-state index in [0.717, 1.165) is 12.0 Å². The van der Waals surface area contributed by atoms with E-state index < -0.39 is 6.10 Å². The molecule has 0 radical (unpaired) electrons. The Labute approximate surface area is 69.4 Å². The molecule has 1 N–H and O–H groups in total. The highest BCUT2D eigenvalue weighted by atomic mass is 16.3. The number of allylic oxidation sites excluding steroid dienone is 1. The van der Waals surface area contributed by atoms with Crippen molar-refractivity contribution in [2.75, 3.05) is 0 Å². The molecule has 0 aromatic heterocycles. The molecule has 0 aromatic carbocycles. The first-order valence-electron chi connectivity index (χ1n) is 4.22. The van der Waals surface area contributed by atoms with Gasteiger partial charge < -0.3 is 5.11 Å². The van der Waals surface area contributed by atoms with Gasteiger partial charge >= 0.3 is 0 Å². The molecule has 0 aliphatic carbocycles. The summed E-state index contributed by atoms with van der Waals surface area (Å²) in [6.45, 7) is 7.61. The van der Waals surface area contributed by atoms with Crippen molar-refractivity contribution >= 4 is 0 Å². The van der Waals surface area contributed by atoms with Gasteiger partial charge in [0.1, 0.15) is 0 Å². The molecule has 64 valence electrons. The van der Waals surface area contributed by atoms with Crippen LogP contribution in [-0.4, -0.2) is 11.2 Å². The maximum atomic E-state index is 9.03. The van der Waals surface area contributed by atoms with Gasteiger partial charge in [-0.3, -0.25) is 0 Å². The SMILES string of the molecule is C=C(/C=C/CCCC)C(C)O. The first kappa shape index (κ1) is 10.4. The summed E-state index contributed by atoms with van der Waals surface area (Å²) < 4.78 is 0. The second kappa shape index (κ2) is 6.17. The van der Waals surface area contributed by atoms with E-state index in [1.54, 1.807) is 6.92 Å². The predicted molar refractivity (Wildman–Crippen MR) is 49.5 cm³/mol. The first-order chi connectivity index (χ1) is 5.18. The normalized spacial score (nSPS) is 13.7. The third kappa shape index (κ3) is 5.86. The fraction of sp³-hybridized carbons (Fsp3) is 0.600. The molecule has 0 bridgehead atoms. The second-order valence-corrected chi connectivity index (χ2v) is 2.80. The molecule has 11 heavy (non-hydrogen) atoms. The lowest BCUT2D eigenvalue weighted by molar-refractivity contribution is 0.236. The number of rotatable bonds is 5. The lowest BCUT2D eigenvalue weighted by Gasteiger charge is -2.01. The summed E-state index contributed by atoms with van der Waals surface area (Å²) in [5.74, 6) is 0. The van der Waals surface area contributed by atoms with Gasteiger partial charge in [0, 0.05) is 0 Å². The summed E-state index contributed by atoms with van der Waals surface area (Å²) in [7, 11) is 0. The first-order valence-corrected chi connectivity index (χ1v) is 4.22. The molecule has 1 nitrogen and oxygen atoms in total. The molecular weight excluding hydrogens is 136 g/mol. The van der Waals surface area contributed by atoms with Crippen LogP contribution in [0.4, 0.5) is 0 Å². The van der Waals surface area contributed by atoms with Crippen LogP contribution in [0.5, 0.6) is 0 Å². The summed E-state index contributed by atoms with van der Waals surface area (Å²) in [6.07, 6.45) is 7.07. The van der Waals surface area contributed by atoms with Gasteiger partial charge in [0.25, 0.3) is 0 Å². The Kier molecular flexibility index (Phi) is 5.86. The Morgan fingerprint density at radius 1 is 1.64 bits per heavy atom. The average molecular weight is 154 g/mol. The van der Waals surface area contributed by atoms with Crippen molar-refractivity contribution < 1.29 is 5.11 Å². The number of hydrogen-bond acceptors (Lipinski definition) is 1. The zero-order valence-electron chi connectivity index (χ0n) is 7.51. The monoisotopic (exact) mass is 154 g/mol. The molecule has 0 saturated carbocycles. The molecule has 1 atom stereocenters. The van der Waals surface area contributed by atoms with E-state index in [-0.39, 0.29) is 0 Å². The molecule has 0 aliphatic heterocycles. The molecule has 1 heteroatoms. The number of hydrogen-bond donors (Lipinski definition) is 1. The standard InChI is InChI=1S/C10H18O/c1-4-5-6-7-8-9(2)10(3)11/h7-8,10-11H,2,4-6H2,1,3H3/b8-7+. The summed E-state index contributed by atoms with van der Waals surface area (Å²) in [5.41, 5.74) is 0.793. The van der Waals surface area contributed by atoms with E-state index in [4.69, 9.17) is 5.11 Å². The van der Waals surface area contributed by atoms with Gasteiger partial charge in [0.2, 0.25) is 0 Å². The van der Waals surface area contributed by atoms with Crippen LogP contribution in [0, 0.1) is 0 Å². The summed E-state index contributed by atoms with van der Waals surface area (Å²) >= 11 is 0. The van der Waals surface area contributed by atoms with Crippen LogP contribution in [0.1, 0.15) is 33.1 Å². The van der Waals surface area contributed by atoms with Crippen LogP contribution in [0.15, 0.2) is 24.3 Å². The highest BCUT2D eigenvalue weighted by Gasteiger charge is 1.94. The summed E-state index contributed by atoms with van der Waals surface area (Å²) in [4.78, 5) is 0. The zero-order valence-corrected chi connectivity index (χ0v) is 7.51.